The quantitative estimate of drug-likeness (QED) is 0.590. The molecule has 3 rings (SSSR count). The van der Waals surface area contributed by atoms with Gasteiger partial charge in [0.1, 0.15) is 5.75 Å². The lowest BCUT2D eigenvalue weighted by molar-refractivity contribution is 0.482. The molecule has 0 saturated heterocycles. The molecule has 0 aromatic heterocycles. The molecule has 0 radical (unpaired) electrons. The maximum absolute atomic E-state index is 9.99. The highest BCUT2D eigenvalue weighted by atomic mass is 79.9. The number of hydrogen-bond acceptors (Lipinski definition) is 2. The van der Waals surface area contributed by atoms with Gasteiger partial charge in [-0.3, -0.25) is 0 Å². The first-order valence-electron chi connectivity index (χ1n) is 6.74. The first kappa shape index (κ1) is 17.1. The van der Waals surface area contributed by atoms with E-state index >= 15 is 0 Å². The molecular formula is C16H21BrClNO. The van der Waals surface area contributed by atoms with Crippen LogP contribution in [0.15, 0.2) is 28.7 Å². The van der Waals surface area contributed by atoms with Crippen molar-refractivity contribution < 1.29 is 5.11 Å². The lowest BCUT2D eigenvalue weighted by atomic mass is 9.95. The van der Waals surface area contributed by atoms with Gasteiger partial charge in [-0.05, 0) is 11.6 Å². The third-order valence-corrected chi connectivity index (χ3v) is 3.88. The maximum Gasteiger partial charge on any atom is 0.125 e. The van der Waals surface area contributed by atoms with Crippen molar-refractivity contribution in [2.45, 2.75) is 26.7 Å². The second-order valence-corrected chi connectivity index (χ2v) is 5.16. The van der Waals surface area contributed by atoms with Gasteiger partial charge < -0.3 is 10.4 Å². The van der Waals surface area contributed by atoms with E-state index in [4.69, 9.17) is 0 Å². The zero-order valence-corrected chi connectivity index (χ0v) is 14.6. The summed E-state index contributed by atoms with van der Waals surface area (Å²) in [7, 11) is 0. The summed E-state index contributed by atoms with van der Waals surface area (Å²) in [6, 6.07) is 7.76. The van der Waals surface area contributed by atoms with Crippen LogP contribution in [-0.2, 0) is 0 Å². The van der Waals surface area contributed by atoms with E-state index in [0.29, 0.717) is 11.7 Å². The number of fused-ring (bicyclic) bond motifs is 3. The molecular weight excluding hydrogens is 338 g/mol. The Kier molecular flexibility index (Phi) is 6.63. The van der Waals surface area contributed by atoms with Gasteiger partial charge in [-0.15, -0.1) is 11.6 Å². The van der Waals surface area contributed by atoms with Crippen LogP contribution in [0.4, 0.5) is 5.69 Å². The maximum atomic E-state index is 9.99. The Morgan fingerprint density at radius 2 is 1.95 bits per heavy atom. The third kappa shape index (κ3) is 3.04. The minimum Gasteiger partial charge on any atom is -0.507 e. The normalized spacial score (nSPS) is 15.4. The lowest BCUT2D eigenvalue weighted by Gasteiger charge is -2.11. The van der Waals surface area contributed by atoms with Crippen LogP contribution in [0.5, 0.6) is 5.75 Å². The minimum atomic E-state index is 0.344. The van der Waals surface area contributed by atoms with Gasteiger partial charge in [0.15, 0.2) is 0 Å². The molecule has 0 fully saturated rings. The average molecular weight is 359 g/mol. The molecule has 4 heteroatoms. The molecule has 2 aromatic carbocycles. The number of alkyl halides is 1. The highest BCUT2D eigenvalue weighted by Crippen LogP contribution is 2.43. The van der Waals surface area contributed by atoms with Crippen molar-refractivity contribution in [2.24, 2.45) is 0 Å². The number of phenols is 1. The van der Waals surface area contributed by atoms with Crippen molar-refractivity contribution >= 4 is 44.0 Å². The van der Waals surface area contributed by atoms with Crippen molar-refractivity contribution in [1.82, 2.24) is 0 Å². The number of benzene rings is 2. The number of aromatic hydroxyl groups is 1. The van der Waals surface area contributed by atoms with E-state index in [1.165, 1.54) is 11.9 Å². The van der Waals surface area contributed by atoms with Crippen molar-refractivity contribution in [3.8, 4) is 5.75 Å². The Balaban J connectivity index is 0.000000461. The molecule has 2 nitrogen and oxygen atoms in total. The summed E-state index contributed by atoms with van der Waals surface area (Å²) in [6.45, 7) is 7.14. The molecule has 0 amide bonds. The smallest absolute Gasteiger partial charge is 0.125 e. The number of nitrogens with one attached hydrogen (secondary N) is 1. The Bertz CT molecular complexity index is 586. The number of hydrogen-bond donors (Lipinski definition) is 2. The van der Waals surface area contributed by atoms with Crippen molar-refractivity contribution in [3.05, 3.63) is 34.3 Å². The third-order valence-electron chi connectivity index (χ3n) is 3.22. The summed E-state index contributed by atoms with van der Waals surface area (Å²) in [5.41, 5.74) is 2.37. The summed E-state index contributed by atoms with van der Waals surface area (Å²) in [6.07, 6.45) is 1.47. The van der Waals surface area contributed by atoms with E-state index in [1.54, 1.807) is 0 Å². The fourth-order valence-electron chi connectivity index (χ4n) is 2.46. The van der Waals surface area contributed by atoms with E-state index < -0.39 is 0 Å². The summed E-state index contributed by atoms with van der Waals surface area (Å²) in [5, 5.41) is 15.4. The molecule has 0 spiro atoms. The predicted molar refractivity (Wildman–Crippen MR) is 93.3 cm³/mol. The average Bonchev–Trinajstić information content (AvgIpc) is 2.85. The first-order chi connectivity index (χ1) is 9.68. The van der Waals surface area contributed by atoms with Gasteiger partial charge in [0.05, 0.1) is 0 Å². The molecule has 20 heavy (non-hydrogen) atoms. The minimum absolute atomic E-state index is 0.344. The van der Waals surface area contributed by atoms with Gasteiger partial charge in [-0.2, -0.15) is 0 Å². The van der Waals surface area contributed by atoms with Crippen LogP contribution in [0.2, 0.25) is 0 Å². The van der Waals surface area contributed by atoms with Crippen molar-refractivity contribution in [1.29, 1.82) is 0 Å². The fraction of sp³-hybridized carbons (Fsp3) is 0.375. The Morgan fingerprint density at radius 1 is 1.30 bits per heavy atom. The number of rotatable bonds is 0. The van der Waals surface area contributed by atoms with Crippen LogP contribution in [0.3, 0.4) is 0 Å². The molecule has 1 aliphatic heterocycles. The van der Waals surface area contributed by atoms with Gasteiger partial charge in [0, 0.05) is 45.8 Å². The zero-order valence-electron chi connectivity index (χ0n) is 12.3. The van der Waals surface area contributed by atoms with E-state index in [9.17, 15) is 5.11 Å². The Morgan fingerprint density at radius 3 is 2.60 bits per heavy atom. The number of phenolic OH excluding ortho intramolecular Hbond substituents is 1. The number of anilines is 1. The van der Waals surface area contributed by atoms with Crippen molar-refractivity contribution in [3.63, 3.8) is 0 Å². The highest BCUT2D eigenvalue weighted by molar-refractivity contribution is 9.10. The Hall–Kier alpha value is -0.930. The zero-order chi connectivity index (χ0) is 15.3. The monoisotopic (exact) mass is 357 g/mol. The molecule has 0 saturated carbocycles. The van der Waals surface area contributed by atoms with Gasteiger partial charge in [-0.1, -0.05) is 48.8 Å². The summed E-state index contributed by atoms with van der Waals surface area (Å²) >= 11 is 8.21. The molecule has 2 N–H and O–H groups in total. The standard InChI is InChI=1S/C13H12BrNO.C2H6.CH3Cl/c1-7-6-15-10-5-11(16)8-3-2-4-9(14)13(8)12(7)10;2*1-2/h2-5,7,15-16H,6H2,1H3;1-2H3;1H3. The van der Waals surface area contributed by atoms with Crippen LogP contribution >= 0.6 is 27.5 Å². The van der Waals surface area contributed by atoms with Crippen LogP contribution in [0.25, 0.3) is 10.8 Å². The molecule has 0 aliphatic carbocycles. The van der Waals surface area contributed by atoms with Gasteiger partial charge >= 0.3 is 0 Å². The van der Waals surface area contributed by atoms with Crippen LogP contribution in [0.1, 0.15) is 32.3 Å². The van der Waals surface area contributed by atoms with E-state index in [1.807, 2.05) is 38.1 Å². The van der Waals surface area contributed by atoms with Crippen LogP contribution < -0.4 is 5.32 Å². The van der Waals surface area contributed by atoms with Crippen LogP contribution in [0, 0.1) is 0 Å². The molecule has 1 heterocycles. The molecule has 1 atom stereocenters. The SMILES string of the molecule is CC.CC1CNc2cc(O)c3cccc(Br)c3c21.CCl. The second-order valence-electron chi connectivity index (χ2n) is 4.30. The molecule has 2 aromatic rings. The fourth-order valence-corrected chi connectivity index (χ4v) is 3.04. The van der Waals surface area contributed by atoms with Gasteiger partial charge in [-0.25, -0.2) is 0 Å². The first-order valence-corrected chi connectivity index (χ1v) is 8.29. The van der Waals surface area contributed by atoms with E-state index in [-0.39, 0.29) is 0 Å². The summed E-state index contributed by atoms with van der Waals surface area (Å²) < 4.78 is 1.05. The highest BCUT2D eigenvalue weighted by Gasteiger charge is 2.23. The summed E-state index contributed by atoms with van der Waals surface area (Å²) in [5.74, 6) is 0.827. The molecule has 1 unspecified atom stereocenters. The van der Waals surface area contributed by atoms with Gasteiger partial charge in [0.2, 0.25) is 0 Å². The Labute approximate surface area is 134 Å². The number of halogens is 2. The topological polar surface area (TPSA) is 32.3 Å². The lowest BCUT2D eigenvalue weighted by Crippen LogP contribution is -1.96. The predicted octanol–water partition coefficient (Wildman–Crippen LogP) is 5.72. The second kappa shape index (κ2) is 7.75. The van der Waals surface area contributed by atoms with Crippen LogP contribution in [-0.4, -0.2) is 18.0 Å². The molecule has 1 aliphatic rings. The largest absolute Gasteiger partial charge is 0.507 e. The van der Waals surface area contributed by atoms with Crippen molar-refractivity contribution in [2.75, 3.05) is 18.2 Å². The van der Waals surface area contributed by atoms with Gasteiger partial charge in [0.25, 0.3) is 0 Å². The summed E-state index contributed by atoms with van der Waals surface area (Å²) in [4.78, 5) is 0. The van der Waals surface area contributed by atoms with E-state index in [2.05, 4.69) is 39.8 Å². The molecule has 110 valence electrons. The van der Waals surface area contributed by atoms with E-state index in [0.717, 1.165) is 27.5 Å². The molecule has 0 bridgehead atoms.